The first-order chi connectivity index (χ1) is 16.6. The largest absolute Gasteiger partial charge is 0.437 e. The van der Waals surface area contributed by atoms with E-state index in [1.807, 2.05) is 0 Å². The molecular weight excluding hydrogens is 509 g/mol. The number of rotatable bonds is 6. The highest BCUT2D eigenvalue weighted by Gasteiger charge is 2.31. The summed E-state index contributed by atoms with van der Waals surface area (Å²) in [6.45, 7) is -0.402. The molecule has 0 fully saturated rings. The van der Waals surface area contributed by atoms with Crippen LogP contribution in [-0.2, 0) is 19.0 Å². The van der Waals surface area contributed by atoms with Gasteiger partial charge in [0.1, 0.15) is 17.5 Å². The van der Waals surface area contributed by atoms with Crippen LogP contribution in [0.25, 0.3) is 0 Å². The van der Waals surface area contributed by atoms with Gasteiger partial charge in [0.05, 0.1) is 17.8 Å². The highest BCUT2D eigenvalue weighted by atomic mass is 35.5. The zero-order valence-corrected chi connectivity index (χ0v) is 19.6. The summed E-state index contributed by atoms with van der Waals surface area (Å²) in [5.41, 5.74) is 0.473. The predicted octanol–water partition coefficient (Wildman–Crippen LogP) is 6.91. The zero-order valence-electron chi connectivity index (χ0n) is 18.1. The van der Waals surface area contributed by atoms with Crippen LogP contribution >= 0.6 is 23.2 Å². The number of ether oxygens (including phenoxy) is 1. The number of nitrogens with one attached hydrogen (secondary N) is 1. The van der Waals surface area contributed by atoms with Gasteiger partial charge >= 0.3 is 6.18 Å². The van der Waals surface area contributed by atoms with Gasteiger partial charge in [-0.2, -0.15) is 18.3 Å². The summed E-state index contributed by atoms with van der Waals surface area (Å²) in [5.74, 6) is -1.08. The van der Waals surface area contributed by atoms with Crippen LogP contribution in [0.1, 0.15) is 51.8 Å². The van der Waals surface area contributed by atoms with Gasteiger partial charge < -0.3 is 10.1 Å². The lowest BCUT2D eigenvalue weighted by Crippen LogP contribution is -2.30. The van der Waals surface area contributed by atoms with Crippen molar-refractivity contribution in [3.8, 4) is 11.6 Å². The maximum atomic E-state index is 14.8. The van der Waals surface area contributed by atoms with Gasteiger partial charge in [0.15, 0.2) is 0 Å². The van der Waals surface area contributed by atoms with Crippen molar-refractivity contribution < 1.29 is 27.1 Å². The fourth-order valence-corrected chi connectivity index (χ4v) is 4.37. The molecule has 1 amide bonds. The first kappa shape index (κ1) is 25.2. The predicted molar refractivity (Wildman–Crippen MR) is 123 cm³/mol. The van der Waals surface area contributed by atoms with E-state index in [9.17, 15) is 22.4 Å². The smallest absolute Gasteiger partial charge is 0.416 e. The average Bonchev–Trinajstić information content (AvgIpc) is 2.82. The minimum atomic E-state index is -4.57. The van der Waals surface area contributed by atoms with Crippen LogP contribution in [0, 0.1) is 0 Å². The number of hydrogen-bond acceptors (Lipinski definition) is 4. The lowest BCUT2D eigenvalue weighted by atomic mass is 9.92. The van der Waals surface area contributed by atoms with E-state index in [2.05, 4.69) is 15.5 Å². The molecular formula is C24H19Cl2F4N3O2. The van der Waals surface area contributed by atoms with Crippen LogP contribution in [0.5, 0.6) is 11.6 Å². The summed E-state index contributed by atoms with van der Waals surface area (Å²) in [5, 5.41) is 11.1. The van der Waals surface area contributed by atoms with Gasteiger partial charge in [-0.25, -0.2) is 4.39 Å². The Morgan fingerprint density at radius 3 is 2.60 bits per heavy atom. The summed E-state index contributed by atoms with van der Waals surface area (Å²) in [7, 11) is 0. The molecule has 2 aromatic carbocycles. The number of carbonyl (C=O) groups excluding carboxylic acids is 1. The average molecular weight is 528 g/mol. The monoisotopic (exact) mass is 527 g/mol. The molecule has 11 heteroatoms. The quantitative estimate of drug-likeness (QED) is 0.353. The van der Waals surface area contributed by atoms with E-state index in [1.165, 1.54) is 30.3 Å². The van der Waals surface area contributed by atoms with Crippen molar-refractivity contribution in [2.45, 2.75) is 38.0 Å². The zero-order chi connectivity index (χ0) is 25.2. The van der Waals surface area contributed by atoms with Gasteiger partial charge in [-0.05, 0) is 61.6 Å². The second-order valence-electron chi connectivity index (χ2n) is 7.98. The van der Waals surface area contributed by atoms with E-state index in [0.29, 0.717) is 29.1 Å². The third-order valence-electron chi connectivity index (χ3n) is 5.56. The molecule has 4 rings (SSSR count). The molecule has 1 heterocycles. The molecule has 1 aromatic heterocycles. The maximum absolute atomic E-state index is 14.8. The molecule has 0 radical (unpaired) electrons. The summed E-state index contributed by atoms with van der Waals surface area (Å²) >= 11 is 11.9. The van der Waals surface area contributed by atoms with Crippen LogP contribution < -0.4 is 10.1 Å². The van der Waals surface area contributed by atoms with Crippen molar-refractivity contribution in [3.63, 3.8) is 0 Å². The maximum Gasteiger partial charge on any atom is 0.416 e. The van der Waals surface area contributed by atoms with Gasteiger partial charge in [0.25, 0.3) is 11.8 Å². The highest BCUT2D eigenvalue weighted by Crippen LogP contribution is 2.35. The molecule has 3 aromatic rings. The Hall–Kier alpha value is -2.91. The Balaban J connectivity index is 1.61. The second-order valence-corrected chi connectivity index (χ2v) is 8.83. The number of hydrogen-bond donors (Lipinski definition) is 1. The molecule has 1 unspecified atom stereocenters. The van der Waals surface area contributed by atoms with Crippen molar-refractivity contribution in [2.75, 3.05) is 6.54 Å². The van der Waals surface area contributed by atoms with Gasteiger partial charge in [0.2, 0.25) is 0 Å². The number of aryl methyl sites for hydroxylation is 1. The Labute approximate surface area is 208 Å². The van der Waals surface area contributed by atoms with Crippen molar-refractivity contribution in [3.05, 3.63) is 80.5 Å². The third kappa shape index (κ3) is 5.85. The van der Waals surface area contributed by atoms with E-state index in [-0.39, 0.29) is 27.8 Å². The molecule has 0 saturated carbocycles. The topological polar surface area (TPSA) is 64.1 Å². The Bertz CT molecular complexity index is 1250. The van der Waals surface area contributed by atoms with Crippen molar-refractivity contribution in [1.29, 1.82) is 0 Å². The minimum absolute atomic E-state index is 0.0292. The number of amides is 1. The number of fused-ring (bicyclic) bond motifs is 1. The number of halogens is 6. The Morgan fingerprint density at radius 1 is 1.09 bits per heavy atom. The van der Waals surface area contributed by atoms with Crippen LogP contribution in [0.2, 0.25) is 10.0 Å². The molecule has 1 atom stereocenters. The standard InChI is InChI=1S/C24H19Cl2F4N3O2/c25-14-8-9-16(18(26)11-14)19(27)12-31-22(34)21-17-6-1-2-7-20(17)32-33-23(21)35-15-5-3-4-13(10-15)24(28,29)30/h3-5,8-11,19H,1-2,6-7,12H2,(H,31,34). The molecule has 0 aliphatic heterocycles. The molecule has 0 bridgehead atoms. The van der Waals surface area contributed by atoms with E-state index in [0.717, 1.165) is 25.0 Å². The summed E-state index contributed by atoms with van der Waals surface area (Å²) in [6.07, 6.45) is -3.44. The van der Waals surface area contributed by atoms with Crippen molar-refractivity contribution in [1.82, 2.24) is 15.5 Å². The molecule has 184 valence electrons. The van der Waals surface area contributed by atoms with Crippen LogP contribution in [0.15, 0.2) is 42.5 Å². The Morgan fingerprint density at radius 2 is 1.86 bits per heavy atom. The number of carbonyl (C=O) groups is 1. The second kappa shape index (κ2) is 10.4. The van der Waals surface area contributed by atoms with Crippen molar-refractivity contribution >= 4 is 29.1 Å². The Kier molecular flexibility index (Phi) is 7.47. The highest BCUT2D eigenvalue weighted by molar-refractivity contribution is 6.35. The molecule has 0 saturated heterocycles. The fourth-order valence-electron chi connectivity index (χ4n) is 3.84. The fraction of sp³-hybridized carbons (Fsp3) is 0.292. The van der Waals surface area contributed by atoms with Gasteiger partial charge in [-0.1, -0.05) is 35.3 Å². The molecule has 5 nitrogen and oxygen atoms in total. The number of nitrogens with zero attached hydrogens (tertiary/aromatic N) is 2. The van der Waals surface area contributed by atoms with Crippen LogP contribution in [0.3, 0.4) is 0 Å². The lowest BCUT2D eigenvalue weighted by Gasteiger charge is -2.20. The number of benzene rings is 2. The number of aromatic nitrogens is 2. The lowest BCUT2D eigenvalue weighted by molar-refractivity contribution is -0.137. The summed E-state index contributed by atoms with van der Waals surface area (Å²) in [6, 6.07) is 8.54. The summed E-state index contributed by atoms with van der Waals surface area (Å²) < 4.78 is 59.7. The van der Waals surface area contributed by atoms with E-state index >= 15 is 0 Å². The van der Waals surface area contributed by atoms with Gasteiger partial charge in [-0.15, -0.1) is 5.10 Å². The summed E-state index contributed by atoms with van der Waals surface area (Å²) in [4.78, 5) is 13.2. The van der Waals surface area contributed by atoms with E-state index in [4.69, 9.17) is 27.9 Å². The normalized spacial score (nSPS) is 14.2. The molecule has 1 aliphatic rings. The first-order valence-electron chi connectivity index (χ1n) is 10.7. The van der Waals surface area contributed by atoms with Crippen molar-refractivity contribution in [2.24, 2.45) is 0 Å². The third-order valence-corrected chi connectivity index (χ3v) is 6.12. The van der Waals surface area contributed by atoms with E-state index in [1.54, 1.807) is 0 Å². The van der Waals surface area contributed by atoms with Gasteiger partial charge in [0, 0.05) is 15.6 Å². The molecule has 35 heavy (non-hydrogen) atoms. The molecule has 0 spiro atoms. The minimum Gasteiger partial charge on any atom is -0.437 e. The molecule has 1 aliphatic carbocycles. The van der Waals surface area contributed by atoms with Gasteiger partial charge in [-0.3, -0.25) is 4.79 Å². The molecule has 1 N–H and O–H groups in total. The van der Waals surface area contributed by atoms with Crippen LogP contribution in [-0.4, -0.2) is 22.6 Å². The van der Waals surface area contributed by atoms with Crippen LogP contribution in [0.4, 0.5) is 17.6 Å². The number of alkyl halides is 4. The first-order valence-corrected chi connectivity index (χ1v) is 11.5. The van der Waals surface area contributed by atoms with E-state index < -0.39 is 30.4 Å². The SMILES string of the molecule is O=C(NCC(F)c1ccc(Cl)cc1Cl)c1c(Oc2cccc(C(F)(F)F)c2)nnc2c1CCCC2.